The molecule has 0 amide bonds. The maximum absolute atomic E-state index is 14.6. The van der Waals surface area contributed by atoms with Crippen LogP contribution in [0.5, 0.6) is 0 Å². The van der Waals surface area contributed by atoms with Gasteiger partial charge < -0.3 is 4.90 Å². The van der Waals surface area contributed by atoms with Crippen molar-refractivity contribution in [3.63, 3.8) is 0 Å². The summed E-state index contributed by atoms with van der Waals surface area (Å²) in [6.07, 6.45) is 2.03. The lowest BCUT2D eigenvalue weighted by Crippen LogP contribution is -2.25. The van der Waals surface area contributed by atoms with E-state index in [-0.39, 0.29) is 21.7 Å². The highest BCUT2D eigenvalue weighted by Crippen LogP contribution is 2.54. The minimum absolute atomic E-state index is 0.0743. The Morgan fingerprint density at radius 2 is 2.04 bits per heavy atom. The van der Waals surface area contributed by atoms with E-state index < -0.39 is 10.2 Å². The molecule has 4 rings (SSSR count). The van der Waals surface area contributed by atoms with Gasteiger partial charge in [-0.3, -0.25) is 0 Å². The molecule has 5 nitrogen and oxygen atoms in total. The Kier molecular flexibility index (Phi) is 4.42. The zero-order valence-corrected chi connectivity index (χ0v) is 16.5. The van der Waals surface area contributed by atoms with E-state index in [1.165, 1.54) is 23.0 Å². The minimum atomic E-state index is -0.748. The smallest absolute Gasteiger partial charge is 0.255 e. The molecule has 3 aromatic rings. The van der Waals surface area contributed by atoms with Crippen LogP contribution in [0.3, 0.4) is 0 Å². The van der Waals surface area contributed by atoms with Crippen LogP contribution in [0.4, 0.5) is 10.2 Å². The SMILES string of the molecule is CN(CC1CC1(Cl)Cl)c1c(-c2c(F)cccc2Cl)c(Cl)nc2ncnn12. The molecule has 1 aliphatic rings. The molecule has 0 N–H and O–H groups in total. The maximum Gasteiger partial charge on any atom is 0.255 e. The summed E-state index contributed by atoms with van der Waals surface area (Å²) in [4.78, 5) is 10.2. The first-order valence-electron chi connectivity index (χ1n) is 7.72. The molecule has 10 heteroatoms. The fourth-order valence-electron chi connectivity index (χ4n) is 2.99. The van der Waals surface area contributed by atoms with Crippen LogP contribution in [-0.2, 0) is 0 Å². The summed E-state index contributed by atoms with van der Waals surface area (Å²) in [6.45, 7) is 0.529. The quantitative estimate of drug-likeness (QED) is 0.434. The average molecular weight is 435 g/mol. The van der Waals surface area contributed by atoms with Gasteiger partial charge in [-0.15, -0.1) is 23.2 Å². The minimum Gasteiger partial charge on any atom is -0.359 e. The Hall–Kier alpha value is -1.34. The highest BCUT2D eigenvalue weighted by atomic mass is 35.5. The molecule has 2 aromatic heterocycles. The van der Waals surface area contributed by atoms with Crippen molar-refractivity contribution in [1.82, 2.24) is 19.6 Å². The summed E-state index contributed by atoms with van der Waals surface area (Å²) >= 11 is 25.0. The number of alkyl halides is 2. The molecule has 0 radical (unpaired) electrons. The Balaban J connectivity index is 1.93. The van der Waals surface area contributed by atoms with Crippen LogP contribution < -0.4 is 4.90 Å². The first-order valence-corrected chi connectivity index (χ1v) is 9.23. The van der Waals surface area contributed by atoms with Crippen LogP contribution >= 0.6 is 46.4 Å². The highest BCUT2D eigenvalue weighted by molar-refractivity contribution is 6.50. The first-order chi connectivity index (χ1) is 12.3. The number of benzene rings is 1. The van der Waals surface area contributed by atoms with E-state index in [2.05, 4.69) is 15.1 Å². The van der Waals surface area contributed by atoms with Gasteiger partial charge in [-0.25, -0.2) is 4.39 Å². The lowest BCUT2D eigenvalue weighted by molar-refractivity contribution is 0.631. The molecule has 26 heavy (non-hydrogen) atoms. The molecule has 2 heterocycles. The van der Waals surface area contributed by atoms with E-state index in [1.54, 1.807) is 6.07 Å². The predicted octanol–water partition coefficient (Wildman–Crippen LogP) is 4.87. The second-order valence-electron chi connectivity index (χ2n) is 6.21. The van der Waals surface area contributed by atoms with Crippen molar-refractivity contribution in [3.8, 4) is 11.1 Å². The summed E-state index contributed by atoms with van der Waals surface area (Å²) in [6, 6.07) is 4.44. The third kappa shape index (κ3) is 2.99. The number of hydrogen-bond donors (Lipinski definition) is 0. The van der Waals surface area contributed by atoms with Crippen molar-refractivity contribution < 1.29 is 4.39 Å². The largest absolute Gasteiger partial charge is 0.359 e. The second kappa shape index (κ2) is 6.37. The molecule has 1 saturated carbocycles. The molecule has 1 unspecified atom stereocenters. The molecule has 1 atom stereocenters. The van der Waals surface area contributed by atoms with Crippen molar-refractivity contribution in [3.05, 3.63) is 40.5 Å². The molecule has 1 aliphatic carbocycles. The van der Waals surface area contributed by atoms with Crippen LogP contribution in [-0.4, -0.2) is 37.5 Å². The molecule has 0 bridgehead atoms. The fraction of sp³-hybridized carbons (Fsp3) is 0.312. The van der Waals surface area contributed by atoms with Gasteiger partial charge in [-0.1, -0.05) is 29.3 Å². The maximum atomic E-state index is 14.6. The van der Waals surface area contributed by atoms with E-state index in [4.69, 9.17) is 46.4 Å². The number of rotatable bonds is 4. The summed E-state index contributed by atoms with van der Waals surface area (Å²) in [5.41, 5.74) is 0.496. The predicted molar refractivity (Wildman–Crippen MR) is 102 cm³/mol. The van der Waals surface area contributed by atoms with Gasteiger partial charge in [0.1, 0.15) is 27.4 Å². The van der Waals surface area contributed by atoms with Gasteiger partial charge >= 0.3 is 0 Å². The van der Waals surface area contributed by atoms with E-state index >= 15 is 0 Å². The third-order valence-electron chi connectivity index (χ3n) is 4.38. The molecular weight excluding hydrogens is 423 g/mol. The normalized spacial score (nSPS) is 18.3. The number of fused-ring (bicyclic) bond motifs is 1. The van der Waals surface area contributed by atoms with Gasteiger partial charge in [-0.05, 0) is 18.6 Å². The first kappa shape index (κ1) is 18.0. The van der Waals surface area contributed by atoms with Crippen LogP contribution in [0, 0.1) is 11.7 Å². The van der Waals surface area contributed by atoms with Crippen molar-refractivity contribution in [1.29, 1.82) is 0 Å². The second-order valence-corrected chi connectivity index (χ2v) is 8.52. The van der Waals surface area contributed by atoms with Crippen LogP contribution in [0.2, 0.25) is 10.2 Å². The molecule has 1 aromatic carbocycles. The zero-order chi connectivity index (χ0) is 18.6. The average Bonchev–Trinajstić information content (AvgIpc) is 2.93. The van der Waals surface area contributed by atoms with Crippen molar-refractivity contribution in [2.75, 3.05) is 18.5 Å². The lowest BCUT2D eigenvalue weighted by atomic mass is 10.1. The van der Waals surface area contributed by atoms with Gasteiger partial charge in [0.2, 0.25) is 0 Å². The van der Waals surface area contributed by atoms with E-state index in [0.29, 0.717) is 30.1 Å². The number of hydrogen-bond acceptors (Lipinski definition) is 4. The standard InChI is InChI=1S/C16H12Cl4FN5/c1-25(6-8-5-16(8,19)20)14-12(11-9(17)3-2-4-10(11)21)13(18)24-15-22-7-23-26(14)15/h2-4,7-8H,5-6H2,1H3. The molecule has 136 valence electrons. The van der Waals surface area contributed by atoms with Crippen LogP contribution in [0.15, 0.2) is 24.5 Å². The Morgan fingerprint density at radius 3 is 2.69 bits per heavy atom. The van der Waals surface area contributed by atoms with E-state index in [0.717, 1.165) is 0 Å². The lowest BCUT2D eigenvalue weighted by Gasteiger charge is -2.24. The van der Waals surface area contributed by atoms with Crippen molar-refractivity contribution in [2.24, 2.45) is 5.92 Å². The van der Waals surface area contributed by atoms with Crippen LogP contribution in [0.1, 0.15) is 6.42 Å². The topological polar surface area (TPSA) is 46.3 Å². The van der Waals surface area contributed by atoms with E-state index in [1.807, 2.05) is 11.9 Å². The van der Waals surface area contributed by atoms with Gasteiger partial charge in [0, 0.05) is 25.1 Å². The van der Waals surface area contributed by atoms with E-state index in [9.17, 15) is 4.39 Å². The Morgan fingerprint density at radius 1 is 1.31 bits per heavy atom. The van der Waals surface area contributed by atoms with Gasteiger partial charge in [0.15, 0.2) is 0 Å². The molecule has 0 aliphatic heterocycles. The van der Waals surface area contributed by atoms with Crippen molar-refractivity contribution in [2.45, 2.75) is 10.8 Å². The van der Waals surface area contributed by atoms with Crippen LogP contribution in [0.25, 0.3) is 16.9 Å². The molecular formula is C16H12Cl4FN5. The monoisotopic (exact) mass is 433 g/mol. The molecule has 1 fully saturated rings. The highest BCUT2D eigenvalue weighted by Gasteiger charge is 2.52. The van der Waals surface area contributed by atoms with Gasteiger partial charge in [0.25, 0.3) is 5.78 Å². The molecule has 0 saturated heterocycles. The Labute approximate surface area is 168 Å². The summed E-state index contributed by atoms with van der Waals surface area (Å²) in [5, 5.41) is 4.50. The van der Waals surface area contributed by atoms with Gasteiger partial charge in [0.05, 0.1) is 10.6 Å². The number of aromatic nitrogens is 4. The number of halogens is 5. The molecule has 0 spiro atoms. The number of nitrogens with zero attached hydrogens (tertiary/aromatic N) is 5. The Bertz CT molecular complexity index is 985. The number of anilines is 1. The van der Waals surface area contributed by atoms with Crippen molar-refractivity contribution >= 4 is 58.0 Å². The third-order valence-corrected chi connectivity index (χ3v) is 5.90. The summed E-state index contributed by atoms with van der Waals surface area (Å²) < 4.78 is 15.4. The van der Waals surface area contributed by atoms with Gasteiger partial charge in [-0.2, -0.15) is 19.6 Å². The summed E-state index contributed by atoms with van der Waals surface area (Å²) in [7, 11) is 1.83. The summed E-state index contributed by atoms with van der Waals surface area (Å²) in [5.74, 6) is 0.378. The zero-order valence-electron chi connectivity index (χ0n) is 13.4. The fourth-order valence-corrected chi connectivity index (χ4v) is 4.01.